The Bertz CT molecular complexity index is 1120. The highest BCUT2D eigenvalue weighted by Gasteiger charge is 2.49. The lowest BCUT2D eigenvalue weighted by Gasteiger charge is -2.50. The number of carbonyl (C=O) groups excluding carboxylic acids is 1. The molecule has 2 aromatic rings. The molecule has 1 amide bonds. The molecule has 2 heterocycles. The first-order chi connectivity index (χ1) is 17.0. The molecule has 1 aliphatic heterocycles. The summed E-state index contributed by atoms with van der Waals surface area (Å²) >= 11 is 0. The molecule has 2 N–H and O–H groups in total. The van der Waals surface area contributed by atoms with E-state index in [9.17, 15) is 14.7 Å². The van der Waals surface area contributed by atoms with Crippen LogP contribution in [0.5, 0.6) is 0 Å². The van der Waals surface area contributed by atoms with E-state index in [2.05, 4.69) is 4.98 Å². The normalized spacial score (nSPS) is 26.2. The molecule has 0 spiro atoms. The quantitative estimate of drug-likeness (QED) is 0.657. The van der Waals surface area contributed by atoms with Crippen LogP contribution in [0.2, 0.25) is 0 Å². The highest BCUT2D eigenvalue weighted by Crippen LogP contribution is 2.51. The van der Waals surface area contributed by atoms with Crippen LogP contribution in [0.1, 0.15) is 65.4 Å². The minimum atomic E-state index is -1.13. The second-order valence-electron chi connectivity index (χ2n) is 11.9. The van der Waals surface area contributed by atoms with E-state index in [1.807, 2.05) is 39.8 Å². The summed E-state index contributed by atoms with van der Waals surface area (Å²) < 4.78 is 1.44. The van der Waals surface area contributed by atoms with Gasteiger partial charge in [0.2, 0.25) is 5.91 Å². The van der Waals surface area contributed by atoms with Gasteiger partial charge in [-0.2, -0.15) is 0 Å². The molecule has 196 valence electrons. The van der Waals surface area contributed by atoms with Gasteiger partial charge < -0.3 is 15.1 Å². The zero-order valence-electron chi connectivity index (χ0n) is 22.1. The third-order valence-electron chi connectivity index (χ3n) is 8.41. The lowest BCUT2D eigenvalue weighted by molar-refractivity contribution is -0.156. The summed E-state index contributed by atoms with van der Waals surface area (Å²) in [6.07, 6.45) is 8.11. The largest absolute Gasteiger partial charge is 0.392 e. The van der Waals surface area contributed by atoms with Gasteiger partial charge in [0.15, 0.2) is 0 Å². The number of amides is 1. The number of rotatable bonds is 5. The zero-order valence-corrected chi connectivity index (χ0v) is 22.1. The molecule has 1 saturated heterocycles. The fourth-order valence-electron chi connectivity index (χ4n) is 5.63. The van der Waals surface area contributed by atoms with Crippen LogP contribution in [0.4, 0.5) is 0 Å². The molecule has 5 rings (SSSR count). The number of fused-ring (bicyclic) bond motifs is 1. The van der Waals surface area contributed by atoms with Crippen LogP contribution in [-0.2, 0) is 17.9 Å². The predicted octanol–water partition coefficient (Wildman–Crippen LogP) is 3.85. The van der Waals surface area contributed by atoms with Crippen LogP contribution in [0, 0.1) is 23.2 Å². The Morgan fingerprint density at radius 2 is 1.83 bits per heavy atom. The molecule has 2 saturated carbocycles. The average molecular weight is 496 g/mol. The van der Waals surface area contributed by atoms with Gasteiger partial charge in [-0.3, -0.25) is 14.2 Å². The first-order valence-corrected chi connectivity index (χ1v) is 13.3. The summed E-state index contributed by atoms with van der Waals surface area (Å²) in [6.45, 7) is 8.61. The molecule has 7 nitrogen and oxygen atoms in total. The van der Waals surface area contributed by atoms with E-state index >= 15 is 0 Å². The van der Waals surface area contributed by atoms with Crippen LogP contribution in [0.15, 0.2) is 41.5 Å². The van der Waals surface area contributed by atoms with Gasteiger partial charge in [0, 0.05) is 36.1 Å². The van der Waals surface area contributed by atoms with Crippen molar-refractivity contribution in [1.29, 1.82) is 0 Å². The maximum absolute atomic E-state index is 12.7. The smallest absolute Gasteiger partial charge is 0.253 e. The maximum Gasteiger partial charge on any atom is 0.253 e. The number of carbonyl (C=O) groups is 1. The van der Waals surface area contributed by atoms with Crippen molar-refractivity contribution in [2.24, 2.45) is 23.2 Å². The number of likely N-dealkylation sites (tertiary alicyclic amines) is 1. The zero-order chi connectivity index (χ0) is 26.1. The average Bonchev–Trinajstić information content (AvgIpc) is 3.46. The summed E-state index contributed by atoms with van der Waals surface area (Å²) in [6, 6.07) is 8.67. The van der Waals surface area contributed by atoms with Crippen LogP contribution >= 0.6 is 0 Å². The van der Waals surface area contributed by atoms with Gasteiger partial charge in [-0.1, -0.05) is 71.2 Å². The highest BCUT2D eigenvalue weighted by atomic mass is 16.3. The summed E-state index contributed by atoms with van der Waals surface area (Å²) in [5, 5.41) is 20.6. The molecule has 3 unspecified atom stereocenters. The monoisotopic (exact) mass is 495 g/mol. The molecule has 0 radical (unpaired) electrons. The fourth-order valence-corrected chi connectivity index (χ4v) is 5.63. The minimum absolute atomic E-state index is 0.0378. The van der Waals surface area contributed by atoms with E-state index < -0.39 is 11.0 Å². The molecule has 2 aliphatic carbocycles. The van der Waals surface area contributed by atoms with Crippen molar-refractivity contribution in [2.75, 3.05) is 13.1 Å². The lowest BCUT2D eigenvalue weighted by atomic mass is 9.69. The number of aliphatic hydroxyl groups is 2. The molecule has 1 aromatic heterocycles. The Morgan fingerprint density at radius 1 is 1.17 bits per heavy atom. The Hall–Kier alpha value is -2.51. The Balaban J connectivity index is 0.000000434. The van der Waals surface area contributed by atoms with Crippen LogP contribution in [0.3, 0.4) is 0 Å². The molecule has 0 bridgehead atoms. The molecule has 1 aromatic carbocycles. The van der Waals surface area contributed by atoms with Gasteiger partial charge in [-0.15, -0.1) is 0 Å². The van der Waals surface area contributed by atoms with Crippen LogP contribution in [0.25, 0.3) is 11.3 Å². The third kappa shape index (κ3) is 5.73. The second-order valence-corrected chi connectivity index (χ2v) is 11.9. The van der Waals surface area contributed by atoms with E-state index in [0.717, 1.165) is 11.1 Å². The first kappa shape index (κ1) is 26.6. The third-order valence-corrected chi connectivity index (χ3v) is 8.41. The van der Waals surface area contributed by atoms with Gasteiger partial charge in [0.1, 0.15) is 0 Å². The number of aromatic nitrogens is 2. The van der Waals surface area contributed by atoms with Gasteiger partial charge in [0.05, 0.1) is 30.8 Å². The number of hydrogen-bond donors (Lipinski definition) is 2. The summed E-state index contributed by atoms with van der Waals surface area (Å²) in [4.78, 5) is 31.3. The summed E-state index contributed by atoms with van der Waals surface area (Å²) in [5.74, 6) is 2.42. The fraction of sp³-hybridized carbons (Fsp3) is 0.621. The van der Waals surface area contributed by atoms with Crippen LogP contribution < -0.4 is 5.56 Å². The second kappa shape index (κ2) is 10.5. The van der Waals surface area contributed by atoms with Gasteiger partial charge in [-0.05, 0) is 30.2 Å². The van der Waals surface area contributed by atoms with Crippen LogP contribution in [-0.4, -0.2) is 49.3 Å². The number of aliphatic hydroxyl groups excluding tert-OH is 1. The Labute approximate surface area is 214 Å². The van der Waals surface area contributed by atoms with E-state index in [1.54, 1.807) is 36.3 Å². The number of hydrogen-bond acceptors (Lipinski definition) is 5. The molecule has 3 fully saturated rings. The highest BCUT2D eigenvalue weighted by molar-refractivity contribution is 5.78. The lowest BCUT2D eigenvalue weighted by Crippen LogP contribution is -2.61. The van der Waals surface area contributed by atoms with Gasteiger partial charge in [0.25, 0.3) is 5.56 Å². The topological polar surface area (TPSA) is 95.7 Å². The number of piperidine rings is 1. The maximum atomic E-state index is 12.7. The Kier molecular flexibility index (Phi) is 7.72. The van der Waals surface area contributed by atoms with Gasteiger partial charge >= 0.3 is 0 Å². The van der Waals surface area contributed by atoms with Crippen molar-refractivity contribution < 1.29 is 15.0 Å². The van der Waals surface area contributed by atoms with Gasteiger partial charge in [-0.25, -0.2) is 4.98 Å². The van der Waals surface area contributed by atoms with Crippen molar-refractivity contribution in [2.45, 2.75) is 78.6 Å². The van der Waals surface area contributed by atoms with E-state index in [0.29, 0.717) is 25.2 Å². The molecule has 7 heteroatoms. The standard InChI is InChI=1S/C23H31N3O4.C6H10/c1-16(2)21(29)25-10-9-23(30,22(3,4)13-25)14-26-15-24-19(11-20(26)28)18-7-5-17(12-27)6-8-18;1-2-5-4-6(5)3-1/h5-8,11,15-16,27,30H,9-10,12-14H2,1-4H3;5-6H,1-4H2. The molecule has 3 aliphatic rings. The van der Waals surface area contributed by atoms with E-state index in [4.69, 9.17) is 5.11 Å². The molecular weight excluding hydrogens is 454 g/mol. The van der Waals surface area contributed by atoms with E-state index in [-0.39, 0.29) is 30.5 Å². The number of nitrogens with zero attached hydrogens (tertiary/aromatic N) is 3. The van der Waals surface area contributed by atoms with Crippen molar-refractivity contribution in [3.8, 4) is 11.3 Å². The Morgan fingerprint density at radius 3 is 2.31 bits per heavy atom. The SMILES string of the molecule is C1CC2CC2C1.CC(C)C(=O)N1CCC(O)(Cn2cnc(-c3ccc(CO)cc3)cc2=O)C(C)(C)C1. The molecule has 3 atom stereocenters. The summed E-state index contributed by atoms with van der Waals surface area (Å²) in [7, 11) is 0. The van der Waals surface area contributed by atoms with E-state index in [1.165, 1.54) is 35.2 Å². The van der Waals surface area contributed by atoms with Crippen molar-refractivity contribution in [3.63, 3.8) is 0 Å². The molecular formula is C29H41N3O4. The van der Waals surface area contributed by atoms with Crippen molar-refractivity contribution in [1.82, 2.24) is 14.5 Å². The number of benzene rings is 1. The minimum Gasteiger partial charge on any atom is -0.392 e. The summed E-state index contributed by atoms with van der Waals surface area (Å²) in [5.41, 5.74) is 0.181. The molecule has 36 heavy (non-hydrogen) atoms. The van der Waals surface area contributed by atoms with Crippen molar-refractivity contribution in [3.05, 3.63) is 52.6 Å². The predicted molar refractivity (Wildman–Crippen MR) is 140 cm³/mol. The first-order valence-electron chi connectivity index (χ1n) is 13.3. The van der Waals surface area contributed by atoms with Crippen molar-refractivity contribution >= 4 is 5.91 Å².